The number of hydrogen-bond acceptors (Lipinski definition) is 5. The molecule has 1 aliphatic heterocycles. The highest BCUT2D eigenvalue weighted by Gasteiger charge is 2.52. The zero-order valence-electron chi connectivity index (χ0n) is 18.7. The Bertz CT molecular complexity index is 796. The minimum atomic E-state index is -2.34. The highest BCUT2D eigenvalue weighted by atomic mass is 19.1. The maximum atomic E-state index is 16.4. The molecule has 166 valence electrons. The topological polar surface area (TPSA) is 72.9 Å². The maximum Gasteiger partial charge on any atom is 0.410 e. The van der Waals surface area contributed by atoms with Crippen LogP contribution in [0.5, 0.6) is 0 Å². The number of rotatable bonds is 5. The first-order valence-electron chi connectivity index (χ1n) is 10.2. The minimum Gasteiger partial charge on any atom is -0.458 e. The molecule has 0 radical (unpaired) electrons. The number of likely N-dealkylation sites (tertiary alicyclic amines) is 1. The number of benzene rings is 1. The van der Waals surface area contributed by atoms with Gasteiger partial charge in [-0.25, -0.2) is 14.0 Å². The van der Waals surface area contributed by atoms with E-state index in [9.17, 15) is 14.4 Å². The van der Waals surface area contributed by atoms with Gasteiger partial charge in [0, 0.05) is 31.0 Å². The summed E-state index contributed by atoms with van der Waals surface area (Å²) in [4.78, 5) is 37.8. The second kappa shape index (κ2) is 8.74. The number of amides is 1. The summed E-state index contributed by atoms with van der Waals surface area (Å²) in [6, 6.07) is 6.50. The van der Waals surface area contributed by atoms with Gasteiger partial charge in [-0.3, -0.25) is 4.79 Å². The van der Waals surface area contributed by atoms with Crippen LogP contribution in [-0.2, 0) is 20.7 Å². The van der Waals surface area contributed by atoms with Crippen LogP contribution in [0.15, 0.2) is 24.3 Å². The molecular weight excluding hydrogens is 389 g/mol. The van der Waals surface area contributed by atoms with Crippen LogP contribution in [0.2, 0.25) is 0 Å². The zero-order chi connectivity index (χ0) is 22.7. The molecule has 0 N–H and O–H groups in total. The molecule has 0 aliphatic carbocycles. The van der Waals surface area contributed by atoms with Crippen LogP contribution in [0.25, 0.3) is 0 Å². The second-order valence-corrected chi connectivity index (χ2v) is 9.82. The van der Waals surface area contributed by atoms with Crippen molar-refractivity contribution in [1.82, 2.24) is 4.90 Å². The van der Waals surface area contributed by atoms with Crippen LogP contribution in [-0.4, -0.2) is 53.2 Å². The summed E-state index contributed by atoms with van der Waals surface area (Å²) in [7, 11) is 0. The quantitative estimate of drug-likeness (QED) is 0.522. The van der Waals surface area contributed by atoms with Gasteiger partial charge in [-0.15, -0.1) is 0 Å². The van der Waals surface area contributed by atoms with E-state index in [0.29, 0.717) is 30.4 Å². The summed E-state index contributed by atoms with van der Waals surface area (Å²) in [5.41, 5.74) is -2.94. The van der Waals surface area contributed by atoms with Gasteiger partial charge in [0.2, 0.25) is 5.67 Å². The number of carbonyl (C=O) groups excluding carboxylic acids is 3. The third-order valence-electron chi connectivity index (χ3n) is 4.77. The Kier molecular flexibility index (Phi) is 6.94. The minimum absolute atomic E-state index is 0.0536. The Balaban J connectivity index is 2.28. The lowest BCUT2D eigenvalue weighted by Gasteiger charge is -2.33. The predicted octanol–water partition coefficient (Wildman–Crippen LogP) is 4.35. The van der Waals surface area contributed by atoms with Gasteiger partial charge < -0.3 is 14.4 Å². The molecule has 0 aromatic heterocycles. The SMILES string of the molecule is CC(C)(C)OC(=O)N1CC[C@H](C(F)(Cc2cccc(C=O)c2)C(=O)OC(C)(C)C)C1. The van der Waals surface area contributed by atoms with Crippen molar-refractivity contribution in [3.05, 3.63) is 35.4 Å². The zero-order valence-corrected chi connectivity index (χ0v) is 18.7. The van der Waals surface area contributed by atoms with E-state index >= 15 is 4.39 Å². The van der Waals surface area contributed by atoms with Gasteiger partial charge in [0.1, 0.15) is 17.5 Å². The van der Waals surface area contributed by atoms with Crippen molar-refractivity contribution >= 4 is 18.3 Å². The Hall–Kier alpha value is -2.44. The molecule has 1 amide bonds. The van der Waals surface area contributed by atoms with Crippen LogP contribution in [0.3, 0.4) is 0 Å². The fraction of sp³-hybridized carbons (Fsp3) is 0.609. The molecule has 1 unspecified atom stereocenters. The molecule has 1 fully saturated rings. The molecule has 1 saturated heterocycles. The molecular formula is C23H32FNO5. The summed E-state index contributed by atoms with van der Waals surface area (Å²) in [6.07, 6.45) is 0.217. The molecule has 1 aromatic carbocycles. The van der Waals surface area contributed by atoms with Crippen molar-refractivity contribution in [1.29, 1.82) is 0 Å². The van der Waals surface area contributed by atoms with Gasteiger partial charge in [-0.05, 0) is 59.6 Å². The van der Waals surface area contributed by atoms with E-state index in [-0.39, 0.29) is 13.0 Å². The third-order valence-corrected chi connectivity index (χ3v) is 4.77. The number of hydrogen-bond donors (Lipinski definition) is 0. The molecule has 6 nitrogen and oxygen atoms in total. The Morgan fingerprint density at radius 3 is 2.33 bits per heavy atom. The molecule has 0 saturated carbocycles. The van der Waals surface area contributed by atoms with Gasteiger partial charge in [-0.2, -0.15) is 0 Å². The summed E-state index contributed by atoms with van der Waals surface area (Å²) in [6.45, 7) is 10.7. The van der Waals surface area contributed by atoms with Crippen molar-refractivity contribution < 1.29 is 28.2 Å². The standard InChI is InChI=1S/C23H32FNO5/c1-21(2,3)29-19(27)23(24,13-16-8-7-9-17(12-16)15-26)18-10-11-25(14-18)20(28)30-22(4,5)6/h7-9,12,15,18H,10-11,13-14H2,1-6H3/t18-,23?/m0/s1. The highest BCUT2D eigenvalue weighted by Crippen LogP contribution is 2.37. The molecule has 2 rings (SSSR count). The Morgan fingerprint density at radius 1 is 1.13 bits per heavy atom. The predicted molar refractivity (Wildman–Crippen MR) is 111 cm³/mol. The summed E-state index contributed by atoms with van der Waals surface area (Å²) in [5.74, 6) is -1.71. The maximum absolute atomic E-state index is 16.4. The third kappa shape index (κ3) is 6.28. The van der Waals surface area contributed by atoms with Gasteiger partial charge in [0.05, 0.1) is 0 Å². The van der Waals surface area contributed by atoms with Crippen molar-refractivity contribution in [2.24, 2.45) is 5.92 Å². The highest BCUT2D eigenvalue weighted by molar-refractivity contribution is 5.81. The molecule has 0 spiro atoms. The van der Waals surface area contributed by atoms with Crippen LogP contribution in [0, 0.1) is 5.92 Å². The first kappa shape index (κ1) is 23.8. The number of ether oxygens (including phenoxy) is 2. The van der Waals surface area contributed by atoms with Gasteiger partial charge in [0.25, 0.3) is 0 Å². The van der Waals surface area contributed by atoms with Crippen molar-refractivity contribution in [2.45, 2.75) is 71.3 Å². The molecule has 1 aromatic rings. The Morgan fingerprint density at radius 2 is 1.77 bits per heavy atom. The first-order chi connectivity index (χ1) is 13.7. The van der Waals surface area contributed by atoms with Crippen molar-refractivity contribution in [2.75, 3.05) is 13.1 Å². The fourth-order valence-electron chi connectivity index (χ4n) is 3.45. The van der Waals surface area contributed by atoms with Crippen LogP contribution < -0.4 is 0 Å². The first-order valence-corrected chi connectivity index (χ1v) is 10.2. The largest absolute Gasteiger partial charge is 0.458 e. The van der Waals surface area contributed by atoms with E-state index in [2.05, 4.69) is 0 Å². The van der Waals surface area contributed by atoms with E-state index in [1.807, 2.05) is 0 Å². The summed E-state index contributed by atoms with van der Waals surface area (Å²) < 4.78 is 27.2. The van der Waals surface area contributed by atoms with Crippen LogP contribution in [0.1, 0.15) is 63.9 Å². The second-order valence-electron chi connectivity index (χ2n) is 9.82. The number of esters is 1. The molecule has 2 atom stereocenters. The average molecular weight is 422 g/mol. The number of aldehydes is 1. The average Bonchev–Trinajstić information content (AvgIpc) is 3.09. The van der Waals surface area contributed by atoms with E-state index in [1.54, 1.807) is 65.8 Å². The number of nitrogens with zero attached hydrogens (tertiary/aromatic N) is 1. The lowest BCUT2D eigenvalue weighted by molar-refractivity contribution is -0.173. The number of halogens is 1. The molecule has 7 heteroatoms. The van der Waals surface area contributed by atoms with E-state index in [0.717, 1.165) is 0 Å². The monoisotopic (exact) mass is 421 g/mol. The molecule has 1 heterocycles. The van der Waals surface area contributed by atoms with E-state index in [1.165, 1.54) is 4.90 Å². The van der Waals surface area contributed by atoms with E-state index < -0.39 is 34.9 Å². The van der Waals surface area contributed by atoms with Crippen LogP contribution >= 0.6 is 0 Å². The smallest absolute Gasteiger partial charge is 0.410 e. The van der Waals surface area contributed by atoms with Gasteiger partial charge in [-0.1, -0.05) is 18.2 Å². The van der Waals surface area contributed by atoms with Crippen molar-refractivity contribution in [3.8, 4) is 0 Å². The van der Waals surface area contributed by atoms with E-state index in [4.69, 9.17) is 9.47 Å². The van der Waals surface area contributed by atoms with Gasteiger partial charge >= 0.3 is 12.1 Å². The normalized spacial score (nSPS) is 19.2. The summed E-state index contributed by atoms with van der Waals surface area (Å²) >= 11 is 0. The lowest BCUT2D eigenvalue weighted by atomic mass is 9.82. The Labute approximate surface area is 177 Å². The van der Waals surface area contributed by atoms with Crippen molar-refractivity contribution in [3.63, 3.8) is 0 Å². The molecule has 0 bridgehead atoms. The van der Waals surface area contributed by atoms with Gasteiger partial charge in [0.15, 0.2) is 0 Å². The summed E-state index contributed by atoms with van der Waals surface area (Å²) in [5, 5.41) is 0. The molecule has 1 aliphatic rings. The number of carbonyl (C=O) groups is 3. The molecule has 30 heavy (non-hydrogen) atoms. The lowest BCUT2D eigenvalue weighted by Crippen LogP contribution is -2.48. The fourth-order valence-corrected chi connectivity index (χ4v) is 3.45. The van der Waals surface area contributed by atoms with Crippen LogP contribution in [0.4, 0.5) is 9.18 Å². The number of alkyl halides is 1.